The van der Waals surface area contributed by atoms with Gasteiger partial charge in [-0.2, -0.15) is 0 Å². The van der Waals surface area contributed by atoms with Crippen LogP contribution in [-0.2, 0) is 22.3 Å². The molecule has 15 nitrogen and oxygen atoms in total. The SMILES string of the molecule is O=[Si]([O-])[O-].O=[Si]([O-])[O-].O=[Si]([O-])[O-].O=[Si]([O-])[O-].O=[Si]([O-])[O-].[Ca+2].[Ca+2].[Mg+2].[Mg+2].[Na+].[Na+]. The average Bonchev–Trinajstić information content (AvgIpc) is 1.94. The Balaban J connectivity index is -0.0000000114. The van der Waals surface area contributed by atoms with Gasteiger partial charge in [0, 0.05) is 45.9 Å². The van der Waals surface area contributed by atoms with Gasteiger partial charge in [0.1, 0.15) is 0 Å². The first kappa shape index (κ1) is 69.9. The molecule has 0 aliphatic rings. The van der Waals surface area contributed by atoms with E-state index in [4.69, 9.17) is 70.3 Å². The second kappa shape index (κ2) is 63.0. The summed E-state index contributed by atoms with van der Waals surface area (Å²) in [5.41, 5.74) is 0. The second-order valence-electron chi connectivity index (χ2n) is 1.25. The maximum Gasteiger partial charge on any atom is 2.00 e. The van der Waals surface area contributed by atoms with E-state index in [-0.39, 0.29) is 181 Å². The van der Waals surface area contributed by atoms with Crippen LogP contribution in [0.1, 0.15) is 0 Å². The zero-order valence-electron chi connectivity index (χ0n) is 13.5. The van der Waals surface area contributed by atoms with Crippen LogP contribution in [0.3, 0.4) is 0 Å². The summed E-state index contributed by atoms with van der Waals surface area (Å²) in [4.78, 5) is 85.2. The summed E-state index contributed by atoms with van der Waals surface area (Å²) in [5, 5.41) is 0. The minimum absolute atomic E-state index is 0. The molecule has 0 spiro atoms. The summed E-state index contributed by atoms with van der Waals surface area (Å²) in [6.07, 6.45) is 0. The van der Waals surface area contributed by atoms with E-state index >= 15 is 0 Å². The van der Waals surface area contributed by atoms with E-state index < -0.39 is 45.9 Å². The predicted molar refractivity (Wildman–Crippen MR) is 55.2 cm³/mol. The van der Waals surface area contributed by atoms with Gasteiger partial charge < -0.3 is 70.3 Å². The van der Waals surface area contributed by atoms with Crippen molar-refractivity contribution in [1.82, 2.24) is 0 Å². The summed E-state index contributed by atoms with van der Waals surface area (Å²) in [6.45, 7) is 0. The van der Waals surface area contributed by atoms with E-state index in [0.717, 1.165) is 0 Å². The smallest absolute Gasteiger partial charge is 0.672 e. The van der Waals surface area contributed by atoms with Gasteiger partial charge >= 0.3 is 181 Å². The Kier molecular flexibility index (Phi) is 169. The third kappa shape index (κ3) is 1210. The minimum atomic E-state index is -3.63. The van der Waals surface area contributed by atoms with Crippen LogP contribution < -0.4 is 107 Å². The van der Waals surface area contributed by atoms with Crippen molar-refractivity contribution in [3.05, 3.63) is 0 Å². The topological polar surface area (TPSA) is 316 Å². The molecule has 0 N–H and O–H groups in total. The van der Waals surface area contributed by atoms with Crippen molar-refractivity contribution in [1.29, 1.82) is 0 Å². The molecule has 0 heterocycles. The second-order valence-corrected chi connectivity index (χ2v) is 3.75. The molecule has 0 saturated carbocycles. The summed E-state index contributed by atoms with van der Waals surface area (Å²) in [7, 11) is -18.1. The molecule has 26 heteroatoms. The van der Waals surface area contributed by atoms with Crippen molar-refractivity contribution in [2.75, 3.05) is 0 Å². The van der Waals surface area contributed by atoms with Crippen LogP contribution >= 0.6 is 0 Å². The van der Waals surface area contributed by atoms with Crippen LogP contribution in [-0.4, -0.2) is 167 Å². The van der Waals surface area contributed by atoms with Crippen molar-refractivity contribution in [3.63, 3.8) is 0 Å². The van der Waals surface area contributed by atoms with E-state index in [1.165, 1.54) is 0 Å². The fourth-order valence-corrected chi connectivity index (χ4v) is 0. The standard InChI is InChI=1S/2Ca.2Mg.2Na.5O3Si/c;;;;;;5*1-4(2)3/q4*+2;2*+1;5*-2. The zero-order valence-corrected chi connectivity index (χ0v) is 29.7. The van der Waals surface area contributed by atoms with Crippen LogP contribution in [0.5, 0.6) is 0 Å². The molecule has 0 aliphatic heterocycles. The molecule has 0 amide bonds. The summed E-state index contributed by atoms with van der Waals surface area (Å²) < 4.78 is 42.6. The first-order chi connectivity index (χ1) is 8.66. The molecule has 0 unspecified atom stereocenters. The Morgan fingerprint density at radius 3 is 0.346 bits per heavy atom. The van der Waals surface area contributed by atoms with Crippen molar-refractivity contribution in [3.8, 4) is 0 Å². The first-order valence-electron chi connectivity index (χ1n) is 3.06. The number of rotatable bonds is 0. The maximum absolute atomic E-state index is 8.52. The van der Waals surface area contributed by atoms with Gasteiger partial charge in [0.2, 0.25) is 0 Å². The quantitative estimate of drug-likeness (QED) is 0.250. The Morgan fingerprint density at radius 1 is 0.346 bits per heavy atom. The summed E-state index contributed by atoms with van der Waals surface area (Å²) in [6, 6.07) is 0. The summed E-state index contributed by atoms with van der Waals surface area (Å²) >= 11 is 0. The molecule has 0 aromatic rings. The molecule has 0 aromatic carbocycles. The van der Waals surface area contributed by atoms with Gasteiger partial charge in [0.05, 0.1) is 0 Å². The van der Waals surface area contributed by atoms with Gasteiger partial charge in [-0.25, -0.2) is 0 Å². The Morgan fingerprint density at radius 2 is 0.346 bits per heavy atom. The van der Waals surface area contributed by atoms with E-state index in [0.29, 0.717) is 0 Å². The zero-order chi connectivity index (χ0) is 17.9. The van der Waals surface area contributed by atoms with Crippen LogP contribution in [0.25, 0.3) is 0 Å². The van der Waals surface area contributed by atoms with E-state index in [1.807, 2.05) is 0 Å². The van der Waals surface area contributed by atoms with Crippen molar-refractivity contribution in [2.45, 2.75) is 0 Å². The van der Waals surface area contributed by atoms with Crippen LogP contribution in [0.4, 0.5) is 0 Å². The van der Waals surface area contributed by atoms with Gasteiger partial charge in [-0.05, 0) is 0 Å². The van der Waals surface area contributed by atoms with Gasteiger partial charge in [0.15, 0.2) is 0 Å². The van der Waals surface area contributed by atoms with E-state index in [9.17, 15) is 0 Å². The third-order valence-corrected chi connectivity index (χ3v) is 0. The molecular formula is Ca2Mg2Na2O15Si5. The predicted octanol–water partition coefficient (Wildman–Crippen LogP) is -21.9. The summed E-state index contributed by atoms with van der Waals surface area (Å²) in [5.74, 6) is 0. The molecule has 0 saturated heterocycles. The Labute approximate surface area is 290 Å². The van der Waals surface area contributed by atoms with E-state index in [1.54, 1.807) is 0 Å². The molecule has 0 fully saturated rings. The van der Waals surface area contributed by atoms with Gasteiger partial charge in [0.25, 0.3) is 0 Å². The maximum atomic E-state index is 8.52. The molecule has 0 bridgehead atoms. The number of hydrogen-bond acceptors (Lipinski definition) is 15. The fraction of sp³-hybridized carbons (Fsp3) is 0. The monoisotopic (exact) mass is 554 g/mol. The van der Waals surface area contributed by atoms with Crippen molar-refractivity contribution < 1.29 is 129 Å². The van der Waals surface area contributed by atoms with Crippen LogP contribution in [0.15, 0.2) is 0 Å². The van der Waals surface area contributed by atoms with Gasteiger partial charge in [-0.1, -0.05) is 0 Å². The molecular weight excluding hydrogens is 555 g/mol. The molecule has 26 heavy (non-hydrogen) atoms. The third-order valence-electron chi connectivity index (χ3n) is 0. The largest absolute Gasteiger partial charge is 2.00 e. The molecule has 0 atom stereocenters. The van der Waals surface area contributed by atoms with Crippen LogP contribution in [0, 0.1) is 0 Å². The molecule has 0 aromatic heterocycles. The molecule has 0 rings (SSSR count). The number of hydrogen-bond donors (Lipinski definition) is 0. The normalized spacial score (nSPS) is 4.62. The molecule has 0 radical (unpaired) electrons. The van der Waals surface area contributed by atoms with Crippen molar-refractivity contribution >= 4 is 167 Å². The van der Waals surface area contributed by atoms with Crippen LogP contribution in [0.2, 0.25) is 0 Å². The Bertz CT molecular complexity index is 231. The van der Waals surface area contributed by atoms with E-state index in [2.05, 4.69) is 0 Å². The Hall–Kier alpha value is 4.14. The molecule has 120 valence electrons. The first-order valence-corrected chi connectivity index (χ1v) is 9.19. The molecule has 0 aliphatic carbocycles. The van der Waals surface area contributed by atoms with Crippen molar-refractivity contribution in [2.24, 2.45) is 0 Å². The van der Waals surface area contributed by atoms with Gasteiger partial charge in [-0.15, -0.1) is 0 Å². The van der Waals surface area contributed by atoms with Gasteiger partial charge in [-0.3, -0.25) is 0 Å². The minimum Gasteiger partial charge on any atom is -0.672 e. The fourth-order valence-electron chi connectivity index (χ4n) is 0. The average molecular weight is 555 g/mol.